The molecule has 0 bridgehead atoms. The summed E-state index contributed by atoms with van der Waals surface area (Å²) in [4.78, 5) is 0. The summed E-state index contributed by atoms with van der Waals surface area (Å²) >= 11 is 0. The van der Waals surface area contributed by atoms with Gasteiger partial charge in [-0.3, -0.25) is 0 Å². The van der Waals surface area contributed by atoms with Crippen molar-refractivity contribution in [3.05, 3.63) is 48.6 Å². The van der Waals surface area contributed by atoms with Crippen LogP contribution in [0.25, 0.3) is 0 Å². The minimum atomic E-state index is -1.53. The van der Waals surface area contributed by atoms with E-state index in [1.807, 2.05) is 31.2 Å². The van der Waals surface area contributed by atoms with Gasteiger partial charge in [-0.15, -0.1) is 0 Å². The fraction of sp³-hybridized carbons (Fsp3) is 0.814. The molecule has 2 aliphatic heterocycles. The third-order valence-corrected chi connectivity index (χ3v) is 11.0. The maximum Gasteiger partial charge on any atom is 0.186 e. The number of allylic oxidation sites excluding steroid dienone is 3. The molecule has 16 unspecified atom stereocenters. The lowest BCUT2D eigenvalue weighted by atomic mass is 9.86. The van der Waals surface area contributed by atoms with E-state index in [0.29, 0.717) is 25.8 Å². The molecule has 350 valence electrons. The molecule has 2 rings (SSSR count). The smallest absolute Gasteiger partial charge is 0.186 e. The van der Waals surface area contributed by atoms with Gasteiger partial charge in [0.25, 0.3) is 0 Å². The molecule has 0 amide bonds. The van der Waals surface area contributed by atoms with Gasteiger partial charge in [0, 0.05) is 25.2 Å². The zero-order valence-corrected chi connectivity index (χ0v) is 35.5. The minimum absolute atomic E-state index is 0.0630. The Morgan fingerprint density at radius 1 is 0.650 bits per heavy atom. The molecule has 0 aliphatic carbocycles. The Labute approximate surface area is 355 Å². The Balaban J connectivity index is 1.83. The molecule has 17 nitrogen and oxygen atoms in total. The molecule has 0 aromatic rings. The molecule has 0 aromatic heterocycles. The van der Waals surface area contributed by atoms with E-state index in [-0.39, 0.29) is 71.0 Å². The second kappa shape index (κ2) is 28.9. The van der Waals surface area contributed by atoms with Crippen molar-refractivity contribution in [3.8, 4) is 0 Å². The lowest BCUT2D eigenvalue weighted by Crippen LogP contribution is -2.59. The molecule has 0 radical (unpaired) electrons. The van der Waals surface area contributed by atoms with Crippen LogP contribution >= 0.6 is 0 Å². The van der Waals surface area contributed by atoms with Gasteiger partial charge in [-0.25, -0.2) is 0 Å². The van der Waals surface area contributed by atoms with Crippen molar-refractivity contribution < 1.29 is 80.2 Å². The number of ether oxygens (including phenoxy) is 4. The number of aliphatic hydroxyl groups excluding tert-OH is 12. The molecule has 2 fully saturated rings. The maximum atomic E-state index is 11.1. The molecule has 17 heteroatoms. The number of hydrogen-bond donors (Lipinski definition) is 13. The van der Waals surface area contributed by atoms with Gasteiger partial charge >= 0.3 is 0 Å². The summed E-state index contributed by atoms with van der Waals surface area (Å²) in [6, 6.07) is 0. The van der Waals surface area contributed by atoms with Crippen LogP contribution in [0.3, 0.4) is 0 Å². The number of nitrogens with two attached hydrogens (primary N) is 1. The monoisotopic (exact) mass is 864 g/mol. The molecule has 60 heavy (non-hydrogen) atoms. The lowest BCUT2D eigenvalue weighted by molar-refractivity contribution is -0.320. The van der Waals surface area contributed by atoms with E-state index in [1.54, 1.807) is 19.9 Å². The van der Waals surface area contributed by atoms with Crippen LogP contribution in [0.1, 0.15) is 97.8 Å². The predicted octanol–water partition coefficient (Wildman–Crippen LogP) is -0.289. The molecule has 0 saturated carbocycles. The standard InChI is InChI=1S/C43H77NO16/c1-4-5-6-7-16-38(60-42-41(56)40(55)39(54)28(3)59-42)27(2)43(57-18-19-58-43)26-37(53)25-36(52)23-32(48)14-9-13-31(47)22-35(51)24-34(50)21-30(46)12-8-11-29(45)20-33(49)15-10-17-44/h4-9,12,14,27-42,45-56H,10-11,13,15-26,44H2,1-3H3/b5-4+,7-6+,12-8+,14-9+. The van der Waals surface area contributed by atoms with Gasteiger partial charge in [-0.2, -0.15) is 0 Å². The fourth-order valence-corrected chi connectivity index (χ4v) is 7.52. The summed E-state index contributed by atoms with van der Waals surface area (Å²) < 4.78 is 24.1. The highest BCUT2D eigenvalue weighted by Crippen LogP contribution is 2.39. The summed E-state index contributed by atoms with van der Waals surface area (Å²) in [5, 5.41) is 125. The SMILES string of the molecule is C/C=C/C=C/CC(OC1OC(C)C(O)C(O)C1O)C(C)C1(CC(O)CC(O)CC(O)/C=C/CC(O)CC(O)CC(O)CC(O)/C=C/CC(O)CC(O)CCCN)OCCO1. The van der Waals surface area contributed by atoms with E-state index in [9.17, 15) is 61.3 Å². The topological polar surface area (TPSA) is 306 Å². The maximum absolute atomic E-state index is 11.1. The van der Waals surface area contributed by atoms with E-state index < -0.39 is 103 Å². The first kappa shape index (κ1) is 54.4. The van der Waals surface area contributed by atoms with E-state index in [4.69, 9.17) is 24.7 Å². The second-order valence-corrected chi connectivity index (χ2v) is 16.4. The van der Waals surface area contributed by atoms with Crippen molar-refractivity contribution in [2.24, 2.45) is 11.7 Å². The molecular formula is C43H77NO16. The minimum Gasteiger partial charge on any atom is -0.393 e. The van der Waals surface area contributed by atoms with Crippen LogP contribution in [-0.4, -0.2) is 179 Å². The van der Waals surface area contributed by atoms with E-state index in [0.717, 1.165) is 0 Å². The first-order chi connectivity index (χ1) is 28.4. The molecule has 2 saturated heterocycles. The molecule has 2 heterocycles. The van der Waals surface area contributed by atoms with Crippen LogP contribution in [0.5, 0.6) is 0 Å². The van der Waals surface area contributed by atoms with Crippen LogP contribution in [0.15, 0.2) is 48.6 Å². The number of rotatable bonds is 30. The molecule has 16 atom stereocenters. The molecular weight excluding hydrogens is 786 g/mol. The Kier molecular flexibility index (Phi) is 26.2. The normalized spacial score (nSPS) is 28.2. The lowest BCUT2D eigenvalue weighted by Gasteiger charge is -2.43. The summed E-state index contributed by atoms with van der Waals surface area (Å²) in [5.74, 6) is -1.92. The average molecular weight is 864 g/mol. The fourth-order valence-electron chi connectivity index (χ4n) is 7.52. The first-order valence-corrected chi connectivity index (χ1v) is 21.5. The summed E-state index contributed by atoms with van der Waals surface area (Å²) in [6.07, 6.45) is -1.47. The first-order valence-electron chi connectivity index (χ1n) is 21.5. The molecule has 0 aromatic carbocycles. The van der Waals surface area contributed by atoms with E-state index in [2.05, 4.69) is 0 Å². The summed E-state index contributed by atoms with van der Waals surface area (Å²) in [6.45, 7) is 6.14. The third kappa shape index (κ3) is 20.2. The van der Waals surface area contributed by atoms with Gasteiger partial charge < -0.3 is 86.0 Å². The third-order valence-electron chi connectivity index (χ3n) is 11.0. The highest BCUT2D eigenvalue weighted by molar-refractivity contribution is 5.03. The zero-order valence-electron chi connectivity index (χ0n) is 35.5. The van der Waals surface area contributed by atoms with Crippen LogP contribution < -0.4 is 5.73 Å². The van der Waals surface area contributed by atoms with Crippen LogP contribution in [-0.2, 0) is 18.9 Å². The Bertz CT molecular complexity index is 1250. The number of hydrogen-bond acceptors (Lipinski definition) is 17. The van der Waals surface area contributed by atoms with E-state index >= 15 is 0 Å². The van der Waals surface area contributed by atoms with Gasteiger partial charge in [0.15, 0.2) is 12.1 Å². The molecule has 14 N–H and O–H groups in total. The second-order valence-electron chi connectivity index (χ2n) is 16.4. The average Bonchev–Trinajstić information content (AvgIpc) is 3.64. The molecule has 0 spiro atoms. The summed E-state index contributed by atoms with van der Waals surface area (Å²) in [5.41, 5.74) is 5.43. The van der Waals surface area contributed by atoms with Gasteiger partial charge in [-0.1, -0.05) is 55.5 Å². The van der Waals surface area contributed by atoms with Gasteiger partial charge in [0.1, 0.15) is 18.3 Å². The Morgan fingerprint density at radius 2 is 1.17 bits per heavy atom. The van der Waals surface area contributed by atoms with Crippen molar-refractivity contribution in [2.45, 2.75) is 195 Å². The van der Waals surface area contributed by atoms with Crippen molar-refractivity contribution >= 4 is 0 Å². The van der Waals surface area contributed by atoms with Crippen molar-refractivity contribution in [1.82, 2.24) is 0 Å². The quantitative estimate of drug-likeness (QED) is 0.0326. The van der Waals surface area contributed by atoms with E-state index in [1.165, 1.54) is 18.2 Å². The van der Waals surface area contributed by atoms with Gasteiger partial charge in [-0.05, 0) is 78.2 Å². The van der Waals surface area contributed by atoms with Crippen LogP contribution in [0.4, 0.5) is 0 Å². The van der Waals surface area contributed by atoms with Crippen molar-refractivity contribution in [2.75, 3.05) is 19.8 Å². The van der Waals surface area contributed by atoms with Gasteiger partial charge in [0.2, 0.25) is 0 Å². The highest BCUT2D eigenvalue weighted by Gasteiger charge is 2.50. The van der Waals surface area contributed by atoms with Crippen LogP contribution in [0, 0.1) is 5.92 Å². The summed E-state index contributed by atoms with van der Waals surface area (Å²) in [7, 11) is 0. The van der Waals surface area contributed by atoms with Crippen molar-refractivity contribution in [1.29, 1.82) is 0 Å². The molecule has 2 aliphatic rings. The zero-order chi connectivity index (χ0) is 44.8. The van der Waals surface area contributed by atoms with Gasteiger partial charge in [0.05, 0.1) is 80.4 Å². The Hall–Kier alpha value is -1.72. The highest BCUT2D eigenvalue weighted by atomic mass is 16.7. The van der Waals surface area contributed by atoms with Crippen molar-refractivity contribution in [3.63, 3.8) is 0 Å². The van der Waals surface area contributed by atoms with Crippen LogP contribution in [0.2, 0.25) is 0 Å². The largest absolute Gasteiger partial charge is 0.393 e. The Morgan fingerprint density at radius 3 is 1.72 bits per heavy atom. The number of aliphatic hydroxyl groups is 12. The predicted molar refractivity (Wildman–Crippen MR) is 222 cm³/mol.